The number of rotatable bonds is 9. The van der Waals surface area contributed by atoms with E-state index in [4.69, 9.17) is 9.47 Å². The molecule has 0 heterocycles. The van der Waals surface area contributed by atoms with Crippen LogP contribution in [0.25, 0.3) is 6.08 Å². The minimum absolute atomic E-state index is 0.0269. The number of nitro groups is 1. The molecule has 0 bridgehead atoms. The van der Waals surface area contributed by atoms with Gasteiger partial charge in [-0.3, -0.25) is 14.9 Å². The van der Waals surface area contributed by atoms with E-state index in [0.29, 0.717) is 38.5 Å². The predicted molar refractivity (Wildman–Crippen MR) is 138 cm³/mol. The summed E-state index contributed by atoms with van der Waals surface area (Å²) in [5.41, 5.74) is 1.46. The molecule has 0 aliphatic rings. The van der Waals surface area contributed by atoms with E-state index in [1.807, 2.05) is 13.0 Å². The Balaban J connectivity index is 1.84. The second kappa shape index (κ2) is 11.8. The Hall–Kier alpha value is -4.11. The number of halogens is 1. The maximum absolute atomic E-state index is 12.6. The summed E-state index contributed by atoms with van der Waals surface area (Å²) in [5, 5.41) is 32.5. The highest BCUT2D eigenvalue weighted by Gasteiger charge is 2.15. The number of nitriles is 1. The molecule has 10 heteroatoms. The number of ether oxygens (including phenoxy) is 2. The lowest BCUT2D eigenvalue weighted by Crippen LogP contribution is -2.13. The number of non-ortho nitro benzene ring substituents is 1. The van der Waals surface area contributed by atoms with Crippen LogP contribution in [0.1, 0.15) is 18.1 Å². The topological polar surface area (TPSA) is 135 Å². The third-order valence-electron chi connectivity index (χ3n) is 4.64. The molecule has 1 amide bonds. The van der Waals surface area contributed by atoms with Gasteiger partial charge >= 0.3 is 0 Å². The van der Waals surface area contributed by atoms with Gasteiger partial charge in [0.25, 0.3) is 11.6 Å². The minimum Gasteiger partial charge on any atom is -0.508 e. The molecule has 0 fully saturated rings. The SMILES string of the molecule is CCOc1cc(/C=C(\C#N)C(=O)Nc2ccc(O)cc2)cc(I)c1OCc1cccc([N+](=O)[O-])c1. The molecule has 2 N–H and O–H groups in total. The zero-order valence-electron chi connectivity index (χ0n) is 18.5. The molecule has 3 aromatic rings. The van der Waals surface area contributed by atoms with Crippen LogP contribution in [-0.2, 0) is 11.4 Å². The summed E-state index contributed by atoms with van der Waals surface area (Å²) in [6.07, 6.45) is 1.44. The average molecular weight is 585 g/mol. The number of carbonyl (C=O) groups is 1. The first-order valence-corrected chi connectivity index (χ1v) is 11.4. The summed E-state index contributed by atoms with van der Waals surface area (Å²) in [6.45, 7) is 2.25. The molecule has 0 saturated carbocycles. The number of amides is 1. The molecule has 0 radical (unpaired) electrons. The first-order valence-electron chi connectivity index (χ1n) is 10.4. The highest BCUT2D eigenvalue weighted by molar-refractivity contribution is 14.1. The van der Waals surface area contributed by atoms with Crippen molar-refractivity contribution in [1.29, 1.82) is 5.26 Å². The predicted octanol–water partition coefficient (Wildman–Crippen LogP) is 5.43. The van der Waals surface area contributed by atoms with Gasteiger partial charge in [-0.15, -0.1) is 0 Å². The van der Waals surface area contributed by atoms with Crippen LogP contribution in [0.5, 0.6) is 17.2 Å². The molecule has 0 atom stereocenters. The van der Waals surface area contributed by atoms with Gasteiger partial charge in [-0.05, 0) is 83.1 Å². The lowest BCUT2D eigenvalue weighted by Gasteiger charge is -2.15. The molecule has 0 aliphatic heterocycles. The number of benzene rings is 3. The van der Waals surface area contributed by atoms with Crippen LogP contribution in [0.3, 0.4) is 0 Å². The third-order valence-corrected chi connectivity index (χ3v) is 5.44. The fourth-order valence-electron chi connectivity index (χ4n) is 3.05. The minimum atomic E-state index is -0.600. The molecule has 178 valence electrons. The molecule has 35 heavy (non-hydrogen) atoms. The monoisotopic (exact) mass is 585 g/mol. The van der Waals surface area contributed by atoms with Crippen molar-refractivity contribution in [3.63, 3.8) is 0 Å². The highest BCUT2D eigenvalue weighted by atomic mass is 127. The Morgan fingerprint density at radius 2 is 1.94 bits per heavy atom. The summed E-state index contributed by atoms with van der Waals surface area (Å²) in [6, 6.07) is 17.3. The molecule has 3 rings (SSSR count). The summed E-state index contributed by atoms with van der Waals surface area (Å²) >= 11 is 2.06. The Kier molecular flexibility index (Phi) is 8.63. The van der Waals surface area contributed by atoms with Gasteiger partial charge in [0.05, 0.1) is 15.1 Å². The number of carbonyl (C=O) groups excluding carboxylic acids is 1. The Labute approximate surface area is 214 Å². The van der Waals surface area contributed by atoms with E-state index in [0.717, 1.165) is 0 Å². The zero-order chi connectivity index (χ0) is 25.4. The fourth-order valence-corrected chi connectivity index (χ4v) is 3.83. The number of aromatic hydroxyl groups is 1. The zero-order valence-corrected chi connectivity index (χ0v) is 20.7. The van der Waals surface area contributed by atoms with Crippen molar-refractivity contribution >= 4 is 45.9 Å². The lowest BCUT2D eigenvalue weighted by atomic mass is 10.1. The summed E-state index contributed by atoms with van der Waals surface area (Å²) in [7, 11) is 0. The maximum atomic E-state index is 12.6. The number of hydrogen-bond acceptors (Lipinski definition) is 7. The van der Waals surface area contributed by atoms with Gasteiger partial charge < -0.3 is 19.9 Å². The normalized spacial score (nSPS) is 10.8. The van der Waals surface area contributed by atoms with Crippen LogP contribution in [0.15, 0.2) is 66.2 Å². The van der Waals surface area contributed by atoms with E-state index < -0.39 is 10.8 Å². The lowest BCUT2D eigenvalue weighted by molar-refractivity contribution is -0.384. The Morgan fingerprint density at radius 1 is 1.20 bits per heavy atom. The number of hydrogen-bond donors (Lipinski definition) is 2. The van der Waals surface area contributed by atoms with E-state index in [2.05, 4.69) is 27.9 Å². The van der Waals surface area contributed by atoms with Crippen LogP contribution >= 0.6 is 22.6 Å². The number of nitrogens with one attached hydrogen (secondary N) is 1. The smallest absolute Gasteiger partial charge is 0.269 e. The summed E-state index contributed by atoms with van der Waals surface area (Å²) in [5.74, 6) is 0.317. The quantitative estimate of drug-likeness (QED) is 0.0854. The number of nitrogens with zero attached hydrogens (tertiary/aromatic N) is 2. The van der Waals surface area contributed by atoms with E-state index in [1.54, 1.807) is 24.3 Å². The molecular weight excluding hydrogens is 565 g/mol. The number of anilines is 1. The van der Waals surface area contributed by atoms with Crippen LogP contribution in [0, 0.1) is 25.0 Å². The third kappa shape index (κ3) is 6.94. The van der Waals surface area contributed by atoms with Gasteiger partial charge in [-0.2, -0.15) is 5.26 Å². The maximum Gasteiger partial charge on any atom is 0.269 e. The van der Waals surface area contributed by atoms with Crippen LogP contribution in [0.2, 0.25) is 0 Å². The van der Waals surface area contributed by atoms with Gasteiger partial charge in [-0.1, -0.05) is 12.1 Å². The second-order valence-corrected chi connectivity index (χ2v) is 8.31. The van der Waals surface area contributed by atoms with E-state index in [1.165, 1.54) is 42.5 Å². The van der Waals surface area contributed by atoms with Crippen LogP contribution in [-0.4, -0.2) is 22.5 Å². The molecule has 3 aromatic carbocycles. The largest absolute Gasteiger partial charge is 0.508 e. The molecule has 0 saturated heterocycles. The Morgan fingerprint density at radius 3 is 2.60 bits per heavy atom. The average Bonchev–Trinajstić information content (AvgIpc) is 2.83. The number of phenolic OH excluding ortho intramolecular Hbond substituents is 1. The van der Waals surface area contributed by atoms with Gasteiger partial charge in [0.2, 0.25) is 0 Å². The van der Waals surface area contributed by atoms with Crippen molar-refractivity contribution in [2.45, 2.75) is 13.5 Å². The molecule has 0 aliphatic carbocycles. The van der Waals surface area contributed by atoms with Gasteiger partial charge in [0.15, 0.2) is 11.5 Å². The van der Waals surface area contributed by atoms with Crippen LogP contribution < -0.4 is 14.8 Å². The van der Waals surface area contributed by atoms with E-state index in [9.17, 15) is 25.3 Å². The first-order chi connectivity index (χ1) is 16.8. The standard InChI is InChI=1S/C25H20IN3O6/c1-2-34-23-13-17(10-18(14-27)25(31)28-19-6-8-21(30)9-7-19)12-22(26)24(23)35-15-16-4-3-5-20(11-16)29(32)33/h3-13,30H,2,15H2,1H3,(H,28,31)/b18-10+. The summed E-state index contributed by atoms with van der Waals surface area (Å²) in [4.78, 5) is 23.1. The highest BCUT2D eigenvalue weighted by Crippen LogP contribution is 2.35. The van der Waals surface area contributed by atoms with E-state index >= 15 is 0 Å². The number of phenols is 1. The molecule has 0 aromatic heterocycles. The first kappa shape index (κ1) is 25.5. The van der Waals surface area contributed by atoms with Crippen molar-refractivity contribution in [3.05, 3.63) is 91.0 Å². The van der Waals surface area contributed by atoms with Gasteiger partial charge in [0, 0.05) is 17.8 Å². The molecule has 9 nitrogen and oxygen atoms in total. The number of nitro benzene ring substituents is 1. The van der Waals surface area contributed by atoms with Crippen molar-refractivity contribution in [2.24, 2.45) is 0 Å². The fraction of sp³-hybridized carbons (Fsp3) is 0.120. The molecular formula is C25H20IN3O6. The van der Waals surface area contributed by atoms with Gasteiger partial charge in [-0.25, -0.2) is 0 Å². The van der Waals surface area contributed by atoms with Crippen LogP contribution in [0.4, 0.5) is 11.4 Å². The molecule has 0 spiro atoms. The van der Waals surface area contributed by atoms with Crippen molar-refractivity contribution < 1.29 is 24.3 Å². The van der Waals surface area contributed by atoms with E-state index in [-0.39, 0.29) is 23.6 Å². The second-order valence-electron chi connectivity index (χ2n) is 7.15. The molecule has 0 unspecified atom stereocenters. The van der Waals surface area contributed by atoms with Gasteiger partial charge in [0.1, 0.15) is 24.0 Å². The van der Waals surface area contributed by atoms with Crippen molar-refractivity contribution in [2.75, 3.05) is 11.9 Å². The summed E-state index contributed by atoms with van der Waals surface area (Å²) < 4.78 is 12.3. The Bertz CT molecular complexity index is 1320. The van der Waals surface area contributed by atoms with Crippen molar-refractivity contribution in [1.82, 2.24) is 0 Å². The van der Waals surface area contributed by atoms with Crippen molar-refractivity contribution in [3.8, 4) is 23.3 Å².